The predicted molar refractivity (Wildman–Crippen MR) is 90.4 cm³/mol. The van der Waals surface area contributed by atoms with Gasteiger partial charge in [-0.1, -0.05) is 41.9 Å². The van der Waals surface area contributed by atoms with Gasteiger partial charge < -0.3 is 5.32 Å². The number of hydrogen-bond donors (Lipinski definition) is 1. The summed E-state index contributed by atoms with van der Waals surface area (Å²) in [5, 5.41) is 3.58. The SMILES string of the molecule is CC(C)CNCC(Cc1cncs1)c1ccc(Br)cc1. The van der Waals surface area contributed by atoms with Gasteiger partial charge in [-0.2, -0.15) is 0 Å². The van der Waals surface area contributed by atoms with E-state index in [0.29, 0.717) is 11.8 Å². The van der Waals surface area contributed by atoms with Gasteiger partial charge in [0.15, 0.2) is 0 Å². The minimum Gasteiger partial charge on any atom is -0.316 e. The monoisotopic (exact) mass is 352 g/mol. The second kappa shape index (κ2) is 7.91. The van der Waals surface area contributed by atoms with Crippen molar-refractivity contribution in [2.45, 2.75) is 26.2 Å². The van der Waals surface area contributed by atoms with Gasteiger partial charge in [-0.3, -0.25) is 4.98 Å². The summed E-state index contributed by atoms with van der Waals surface area (Å²) in [6.45, 7) is 6.56. The van der Waals surface area contributed by atoms with E-state index in [4.69, 9.17) is 0 Å². The van der Waals surface area contributed by atoms with Crippen LogP contribution in [0.1, 0.15) is 30.2 Å². The topological polar surface area (TPSA) is 24.9 Å². The van der Waals surface area contributed by atoms with E-state index in [1.54, 1.807) is 11.3 Å². The maximum absolute atomic E-state index is 4.18. The molecule has 0 bridgehead atoms. The van der Waals surface area contributed by atoms with Gasteiger partial charge >= 0.3 is 0 Å². The predicted octanol–water partition coefficient (Wildman–Crippen LogP) is 4.48. The highest BCUT2D eigenvalue weighted by molar-refractivity contribution is 9.10. The van der Waals surface area contributed by atoms with Gasteiger partial charge in [0.1, 0.15) is 0 Å². The van der Waals surface area contributed by atoms with E-state index in [-0.39, 0.29) is 0 Å². The van der Waals surface area contributed by atoms with E-state index in [1.165, 1.54) is 10.4 Å². The number of nitrogens with zero attached hydrogens (tertiary/aromatic N) is 1. The lowest BCUT2D eigenvalue weighted by molar-refractivity contribution is 0.515. The second-order valence-corrected chi connectivity index (χ2v) is 7.36. The summed E-state index contributed by atoms with van der Waals surface area (Å²) in [4.78, 5) is 5.53. The van der Waals surface area contributed by atoms with Crippen LogP contribution in [0.4, 0.5) is 0 Å². The fraction of sp³-hybridized carbons (Fsp3) is 0.438. The molecule has 1 atom stereocenters. The summed E-state index contributed by atoms with van der Waals surface area (Å²) in [5.41, 5.74) is 3.30. The van der Waals surface area contributed by atoms with Crippen molar-refractivity contribution in [1.29, 1.82) is 0 Å². The molecule has 0 radical (unpaired) electrons. The number of aromatic nitrogens is 1. The van der Waals surface area contributed by atoms with Crippen molar-refractivity contribution in [3.63, 3.8) is 0 Å². The first-order valence-electron chi connectivity index (χ1n) is 6.98. The smallest absolute Gasteiger partial charge is 0.0794 e. The van der Waals surface area contributed by atoms with Crippen LogP contribution in [-0.2, 0) is 6.42 Å². The highest BCUT2D eigenvalue weighted by atomic mass is 79.9. The maximum Gasteiger partial charge on any atom is 0.0794 e. The van der Waals surface area contributed by atoms with Crippen molar-refractivity contribution >= 4 is 27.3 Å². The number of halogens is 1. The molecule has 108 valence electrons. The molecule has 2 rings (SSSR count). The number of rotatable bonds is 7. The third kappa shape index (κ3) is 5.00. The summed E-state index contributed by atoms with van der Waals surface area (Å²) in [6.07, 6.45) is 3.04. The molecule has 0 saturated heterocycles. The van der Waals surface area contributed by atoms with Crippen LogP contribution in [0.3, 0.4) is 0 Å². The molecule has 2 aromatic rings. The van der Waals surface area contributed by atoms with E-state index in [2.05, 4.69) is 64.3 Å². The molecule has 1 N–H and O–H groups in total. The van der Waals surface area contributed by atoms with Gasteiger partial charge in [0.2, 0.25) is 0 Å². The Balaban J connectivity index is 2.04. The Kier molecular flexibility index (Phi) is 6.20. The summed E-state index contributed by atoms with van der Waals surface area (Å²) in [6, 6.07) is 8.68. The minimum atomic E-state index is 0.502. The Labute approximate surface area is 133 Å². The Hall–Kier alpha value is -0.710. The third-order valence-corrected chi connectivity index (χ3v) is 4.55. The summed E-state index contributed by atoms with van der Waals surface area (Å²) in [5.74, 6) is 1.19. The zero-order valence-electron chi connectivity index (χ0n) is 12.0. The van der Waals surface area contributed by atoms with Crippen LogP contribution in [0.2, 0.25) is 0 Å². The summed E-state index contributed by atoms with van der Waals surface area (Å²) < 4.78 is 1.13. The van der Waals surface area contributed by atoms with E-state index >= 15 is 0 Å². The van der Waals surface area contributed by atoms with Crippen LogP contribution in [0.15, 0.2) is 40.4 Å². The van der Waals surface area contributed by atoms with Crippen LogP contribution < -0.4 is 5.32 Å². The molecule has 1 unspecified atom stereocenters. The van der Waals surface area contributed by atoms with Gasteiger partial charge in [-0.05, 0) is 36.6 Å². The molecule has 4 heteroatoms. The molecule has 0 aliphatic carbocycles. The highest BCUT2D eigenvalue weighted by Crippen LogP contribution is 2.24. The molecule has 2 nitrogen and oxygen atoms in total. The molecule has 1 aromatic carbocycles. The number of hydrogen-bond acceptors (Lipinski definition) is 3. The minimum absolute atomic E-state index is 0.502. The molecule has 0 amide bonds. The van der Waals surface area contributed by atoms with Crippen LogP contribution in [0, 0.1) is 5.92 Å². The van der Waals surface area contributed by atoms with E-state index in [0.717, 1.165) is 24.0 Å². The molecule has 0 saturated carbocycles. The molecule has 0 aliphatic rings. The molecule has 1 heterocycles. The molecule has 0 aliphatic heterocycles. The Morgan fingerprint density at radius 1 is 1.20 bits per heavy atom. The standard InChI is InChI=1S/C16H21BrN2S/c1-12(2)8-18-9-14(7-16-10-19-11-20-16)13-3-5-15(17)6-4-13/h3-6,10-12,14,18H,7-9H2,1-2H3. The van der Waals surface area contributed by atoms with Gasteiger partial charge in [-0.15, -0.1) is 11.3 Å². The van der Waals surface area contributed by atoms with Gasteiger partial charge in [-0.25, -0.2) is 0 Å². The van der Waals surface area contributed by atoms with Crippen LogP contribution >= 0.6 is 27.3 Å². The summed E-state index contributed by atoms with van der Waals surface area (Å²) in [7, 11) is 0. The van der Waals surface area contributed by atoms with Crippen molar-refractivity contribution in [3.8, 4) is 0 Å². The van der Waals surface area contributed by atoms with Crippen molar-refractivity contribution in [2.24, 2.45) is 5.92 Å². The van der Waals surface area contributed by atoms with Gasteiger partial charge in [0.25, 0.3) is 0 Å². The van der Waals surface area contributed by atoms with Crippen molar-refractivity contribution < 1.29 is 0 Å². The second-order valence-electron chi connectivity index (χ2n) is 5.47. The van der Waals surface area contributed by atoms with Crippen molar-refractivity contribution in [2.75, 3.05) is 13.1 Å². The zero-order chi connectivity index (χ0) is 14.4. The quantitative estimate of drug-likeness (QED) is 0.794. The first kappa shape index (κ1) is 15.7. The van der Waals surface area contributed by atoms with Crippen LogP contribution in [0.5, 0.6) is 0 Å². The molecule has 0 fully saturated rings. The largest absolute Gasteiger partial charge is 0.316 e. The maximum atomic E-state index is 4.18. The van der Waals surface area contributed by atoms with E-state index < -0.39 is 0 Å². The molecular weight excluding hydrogens is 332 g/mol. The first-order chi connectivity index (χ1) is 9.65. The number of thiazole rings is 1. The summed E-state index contributed by atoms with van der Waals surface area (Å²) >= 11 is 5.24. The lowest BCUT2D eigenvalue weighted by Gasteiger charge is -2.18. The zero-order valence-corrected chi connectivity index (χ0v) is 14.4. The molecular formula is C16H21BrN2S. The Bertz CT molecular complexity index is 494. The number of nitrogens with one attached hydrogen (secondary N) is 1. The third-order valence-electron chi connectivity index (χ3n) is 3.22. The molecule has 0 spiro atoms. The fourth-order valence-corrected chi connectivity index (χ4v) is 3.12. The fourth-order valence-electron chi connectivity index (χ4n) is 2.17. The van der Waals surface area contributed by atoms with Gasteiger partial charge in [0, 0.05) is 28.0 Å². The Morgan fingerprint density at radius 3 is 2.55 bits per heavy atom. The van der Waals surface area contributed by atoms with Gasteiger partial charge in [0.05, 0.1) is 5.51 Å². The average molecular weight is 353 g/mol. The van der Waals surface area contributed by atoms with Crippen molar-refractivity contribution in [1.82, 2.24) is 10.3 Å². The normalized spacial score (nSPS) is 12.8. The van der Waals surface area contributed by atoms with E-state index in [1.807, 2.05) is 11.7 Å². The number of benzene rings is 1. The van der Waals surface area contributed by atoms with E-state index in [9.17, 15) is 0 Å². The van der Waals surface area contributed by atoms with Crippen molar-refractivity contribution in [3.05, 3.63) is 50.9 Å². The highest BCUT2D eigenvalue weighted by Gasteiger charge is 2.13. The first-order valence-corrected chi connectivity index (χ1v) is 8.66. The lowest BCUT2D eigenvalue weighted by atomic mass is 9.95. The van der Waals surface area contributed by atoms with Crippen LogP contribution in [-0.4, -0.2) is 18.1 Å². The Morgan fingerprint density at radius 2 is 1.95 bits per heavy atom. The average Bonchev–Trinajstić information content (AvgIpc) is 2.91. The molecule has 20 heavy (non-hydrogen) atoms. The van der Waals surface area contributed by atoms with Crippen LogP contribution in [0.25, 0.3) is 0 Å². The molecule has 1 aromatic heterocycles. The lowest BCUT2D eigenvalue weighted by Crippen LogP contribution is -2.26.